The van der Waals surface area contributed by atoms with Crippen molar-refractivity contribution in [2.45, 2.75) is 6.92 Å². The summed E-state index contributed by atoms with van der Waals surface area (Å²) in [5.74, 6) is 2.02. The second-order valence-electron chi connectivity index (χ2n) is 5.98. The Morgan fingerprint density at radius 3 is 2.45 bits per heavy atom. The molecule has 0 aliphatic carbocycles. The van der Waals surface area contributed by atoms with E-state index in [9.17, 15) is 4.79 Å². The van der Waals surface area contributed by atoms with E-state index in [-0.39, 0.29) is 5.91 Å². The molecule has 1 aliphatic heterocycles. The van der Waals surface area contributed by atoms with Gasteiger partial charge in [-0.15, -0.1) is 0 Å². The van der Waals surface area contributed by atoms with E-state index in [1.54, 1.807) is 36.3 Å². The monoisotopic (exact) mass is 449 g/mol. The number of amides is 1. The van der Waals surface area contributed by atoms with E-state index in [0.717, 1.165) is 17.1 Å². The van der Waals surface area contributed by atoms with Gasteiger partial charge >= 0.3 is 0 Å². The van der Waals surface area contributed by atoms with E-state index < -0.39 is 0 Å². The first-order valence-corrected chi connectivity index (χ1v) is 10.6. The molecule has 2 aromatic carbocycles. The fourth-order valence-electron chi connectivity index (χ4n) is 2.66. The highest BCUT2D eigenvalue weighted by atomic mass is 35.5. The lowest BCUT2D eigenvalue weighted by atomic mass is 10.2. The van der Waals surface area contributed by atoms with Gasteiger partial charge in [0.15, 0.2) is 0 Å². The maximum absolute atomic E-state index is 12.5. The molecule has 1 amide bonds. The molecule has 0 saturated carbocycles. The SMILES string of the molecule is CCN1C(=O)C(=Cc2cc(Cl)ccc2OCCOc2ccc(OC)cc2)SC1=S. The predicted molar refractivity (Wildman–Crippen MR) is 121 cm³/mol. The van der Waals surface area contributed by atoms with Crippen LogP contribution < -0.4 is 14.2 Å². The number of nitrogens with zero attached hydrogens (tertiary/aromatic N) is 1. The van der Waals surface area contributed by atoms with Crippen LogP contribution in [0.1, 0.15) is 12.5 Å². The van der Waals surface area contributed by atoms with Gasteiger partial charge in [0, 0.05) is 17.1 Å². The number of carbonyl (C=O) groups excluding carboxylic acids is 1. The number of benzene rings is 2. The van der Waals surface area contributed by atoms with E-state index in [2.05, 4.69) is 0 Å². The van der Waals surface area contributed by atoms with E-state index >= 15 is 0 Å². The lowest BCUT2D eigenvalue weighted by Crippen LogP contribution is -2.27. The number of halogens is 1. The Kier molecular flexibility index (Phi) is 7.41. The van der Waals surface area contributed by atoms with Gasteiger partial charge in [-0.05, 0) is 55.5 Å². The van der Waals surface area contributed by atoms with Gasteiger partial charge in [0.2, 0.25) is 0 Å². The predicted octanol–water partition coefficient (Wildman–Crippen LogP) is 5.03. The first-order valence-electron chi connectivity index (χ1n) is 8.96. The maximum Gasteiger partial charge on any atom is 0.266 e. The third-order valence-corrected chi connectivity index (χ3v) is 5.73. The molecule has 0 spiro atoms. The molecule has 0 bridgehead atoms. The summed E-state index contributed by atoms with van der Waals surface area (Å²) in [6.45, 7) is 3.14. The quantitative estimate of drug-likeness (QED) is 0.320. The molecule has 152 valence electrons. The minimum Gasteiger partial charge on any atom is -0.497 e. The molecular formula is C21H20ClNO4S2. The van der Waals surface area contributed by atoms with Crippen LogP contribution in [-0.2, 0) is 4.79 Å². The molecule has 1 saturated heterocycles. The minimum absolute atomic E-state index is 0.101. The van der Waals surface area contributed by atoms with Crippen LogP contribution in [0.4, 0.5) is 0 Å². The zero-order valence-corrected chi connectivity index (χ0v) is 18.4. The van der Waals surface area contributed by atoms with Crippen molar-refractivity contribution < 1.29 is 19.0 Å². The Morgan fingerprint density at radius 1 is 1.10 bits per heavy atom. The molecule has 1 fully saturated rings. The number of ether oxygens (including phenoxy) is 3. The highest BCUT2D eigenvalue weighted by molar-refractivity contribution is 8.26. The van der Waals surface area contributed by atoms with E-state index in [4.69, 9.17) is 38.0 Å². The molecule has 0 atom stereocenters. The fourth-order valence-corrected chi connectivity index (χ4v) is 4.22. The first-order chi connectivity index (χ1) is 14.0. The van der Waals surface area contributed by atoms with Gasteiger partial charge < -0.3 is 14.2 Å². The third-order valence-electron chi connectivity index (χ3n) is 4.12. The average molecular weight is 450 g/mol. The molecular weight excluding hydrogens is 430 g/mol. The van der Waals surface area contributed by atoms with Crippen LogP contribution in [-0.4, -0.2) is 42.0 Å². The zero-order valence-electron chi connectivity index (χ0n) is 16.0. The number of hydrogen-bond acceptors (Lipinski definition) is 6. The van der Waals surface area contributed by atoms with Crippen molar-refractivity contribution in [3.8, 4) is 17.2 Å². The van der Waals surface area contributed by atoms with E-state index in [1.165, 1.54) is 11.8 Å². The molecule has 29 heavy (non-hydrogen) atoms. The summed E-state index contributed by atoms with van der Waals surface area (Å²) in [7, 11) is 1.62. The number of methoxy groups -OCH3 is 1. The van der Waals surface area contributed by atoms with Crippen molar-refractivity contribution in [1.82, 2.24) is 4.90 Å². The second-order valence-corrected chi connectivity index (χ2v) is 8.09. The second kappa shape index (κ2) is 10.0. The largest absolute Gasteiger partial charge is 0.497 e. The van der Waals surface area contributed by atoms with Crippen LogP contribution in [0, 0.1) is 0 Å². The molecule has 5 nitrogen and oxygen atoms in total. The molecule has 8 heteroatoms. The van der Waals surface area contributed by atoms with Crippen LogP contribution in [0.15, 0.2) is 47.4 Å². The highest BCUT2D eigenvalue weighted by Crippen LogP contribution is 2.34. The maximum atomic E-state index is 12.5. The lowest BCUT2D eigenvalue weighted by Gasteiger charge is -2.12. The molecule has 0 aromatic heterocycles. The van der Waals surface area contributed by atoms with Gasteiger partial charge in [-0.2, -0.15) is 0 Å². The normalized spacial score (nSPS) is 15.1. The number of hydrogen-bond donors (Lipinski definition) is 0. The summed E-state index contributed by atoms with van der Waals surface area (Å²) in [6, 6.07) is 12.6. The molecule has 3 rings (SSSR count). The van der Waals surface area contributed by atoms with E-state index in [0.29, 0.717) is 39.8 Å². The Bertz CT molecular complexity index is 931. The number of thiocarbonyl (C=S) groups is 1. The molecule has 2 aromatic rings. The van der Waals surface area contributed by atoms with Gasteiger partial charge in [0.25, 0.3) is 5.91 Å². The van der Waals surface area contributed by atoms with Crippen molar-refractivity contribution in [2.24, 2.45) is 0 Å². The molecule has 1 aliphatic rings. The number of rotatable bonds is 8. The molecule has 0 unspecified atom stereocenters. The summed E-state index contributed by atoms with van der Waals surface area (Å²) < 4.78 is 17.2. The zero-order chi connectivity index (χ0) is 20.8. The Labute approximate surface area is 184 Å². The Hall–Kier alpha value is -2.22. The van der Waals surface area contributed by atoms with Crippen LogP contribution >= 0.6 is 35.6 Å². The lowest BCUT2D eigenvalue weighted by molar-refractivity contribution is -0.121. The average Bonchev–Trinajstić information content (AvgIpc) is 2.99. The van der Waals surface area contributed by atoms with Crippen molar-refractivity contribution in [1.29, 1.82) is 0 Å². The van der Waals surface area contributed by atoms with Crippen molar-refractivity contribution in [3.63, 3.8) is 0 Å². The number of carbonyl (C=O) groups is 1. The Morgan fingerprint density at radius 2 is 1.79 bits per heavy atom. The summed E-state index contributed by atoms with van der Waals surface area (Å²) in [6.07, 6.45) is 1.76. The fraction of sp³-hybridized carbons (Fsp3) is 0.238. The summed E-state index contributed by atoms with van der Waals surface area (Å²) in [4.78, 5) is 14.6. The summed E-state index contributed by atoms with van der Waals surface area (Å²) in [5.41, 5.74) is 0.721. The molecule has 1 heterocycles. The van der Waals surface area contributed by atoms with Gasteiger partial charge in [-0.1, -0.05) is 35.6 Å². The van der Waals surface area contributed by atoms with Crippen LogP contribution in [0.3, 0.4) is 0 Å². The topological polar surface area (TPSA) is 48.0 Å². The number of thioether (sulfide) groups is 1. The number of likely N-dealkylation sites (N-methyl/N-ethyl adjacent to an activating group) is 1. The summed E-state index contributed by atoms with van der Waals surface area (Å²) in [5, 5.41) is 0.559. The molecule has 0 radical (unpaired) electrons. The Balaban J connectivity index is 1.65. The summed E-state index contributed by atoms with van der Waals surface area (Å²) >= 11 is 12.7. The van der Waals surface area contributed by atoms with Crippen molar-refractivity contribution >= 4 is 51.9 Å². The van der Waals surface area contributed by atoms with Gasteiger partial charge in [-0.25, -0.2) is 0 Å². The van der Waals surface area contributed by atoms with Crippen LogP contribution in [0.2, 0.25) is 5.02 Å². The van der Waals surface area contributed by atoms with Crippen LogP contribution in [0.25, 0.3) is 6.08 Å². The first kappa shape index (κ1) is 21.5. The van der Waals surface area contributed by atoms with Crippen molar-refractivity contribution in [3.05, 3.63) is 58.0 Å². The standard InChI is InChI=1S/C21H20ClNO4S2/c1-3-23-20(24)19(29-21(23)28)13-14-12-15(22)4-9-18(14)27-11-10-26-17-7-5-16(25-2)6-8-17/h4-9,12-13H,3,10-11H2,1-2H3. The van der Waals surface area contributed by atoms with Crippen molar-refractivity contribution in [2.75, 3.05) is 26.9 Å². The van der Waals surface area contributed by atoms with Gasteiger partial charge in [0.1, 0.15) is 34.8 Å². The van der Waals surface area contributed by atoms with Gasteiger partial charge in [0.05, 0.1) is 12.0 Å². The minimum atomic E-state index is -0.101. The van der Waals surface area contributed by atoms with Crippen LogP contribution in [0.5, 0.6) is 17.2 Å². The third kappa shape index (κ3) is 5.44. The van der Waals surface area contributed by atoms with Gasteiger partial charge in [-0.3, -0.25) is 9.69 Å². The highest BCUT2D eigenvalue weighted by Gasteiger charge is 2.30. The molecule has 0 N–H and O–H groups in total. The smallest absolute Gasteiger partial charge is 0.266 e. The van der Waals surface area contributed by atoms with E-state index in [1.807, 2.05) is 31.2 Å².